The molecule has 0 aliphatic carbocycles. The van der Waals surface area contributed by atoms with Crippen LogP contribution in [0, 0.1) is 0 Å². The van der Waals surface area contributed by atoms with Crippen molar-refractivity contribution in [1.29, 1.82) is 0 Å². The largest absolute Gasteiger partial charge is 0.250 e. The van der Waals surface area contributed by atoms with E-state index in [1.807, 2.05) is 6.92 Å². The lowest BCUT2D eigenvalue weighted by atomic mass is 10.4. The predicted octanol–water partition coefficient (Wildman–Crippen LogP) is 1.70. The van der Waals surface area contributed by atoms with Crippen LogP contribution in [0.5, 0.6) is 0 Å². The van der Waals surface area contributed by atoms with Crippen LogP contribution in [-0.4, -0.2) is 21.7 Å². The van der Waals surface area contributed by atoms with E-state index in [2.05, 4.69) is 26.2 Å². The molecule has 62 valence electrons. The molecule has 0 N–H and O–H groups in total. The van der Waals surface area contributed by atoms with Crippen molar-refractivity contribution in [2.24, 2.45) is 0 Å². The Morgan fingerprint density at radius 3 is 3.00 bits per heavy atom. The number of hydrogen-bond acceptors (Lipinski definition) is 2. The Labute approximate surface area is 72.7 Å². The van der Waals surface area contributed by atoms with Gasteiger partial charge in [0.25, 0.3) is 0 Å². The highest BCUT2D eigenvalue weighted by atomic mass is 79.9. The second-order valence-corrected chi connectivity index (χ2v) is 3.58. The molecule has 0 aliphatic heterocycles. The van der Waals surface area contributed by atoms with Gasteiger partial charge in [-0.1, -0.05) is 21.1 Å². The van der Waals surface area contributed by atoms with E-state index < -0.39 is 6.67 Å². The maximum atomic E-state index is 11.8. The standard InChI is InChI=1S/C6H9BrFN3/c1-5(7)6-4-11(3-2-8)10-9-6/h4-5H,2-3H2,1H3. The first kappa shape index (κ1) is 8.64. The lowest BCUT2D eigenvalue weighted by Crippen LogP contribution is -1.99. The first-order valence-corrected chi connectivity index (χ1v) is 4.25. The van der Waals surface area contributed by atoms with Crippen LogP contribution in [0.1, 0.15) is 17.4 Å². The fraction of sp³-hybridized carbons (Fsp3) is 0.667. The fourth-order valence-electron chi connectivity index (χ4n) is 0.692. The van der Waals surface area contributed by atoms with E-state index in [-0.39, 0.29) is 11.4 Å². The van der Waals surface area contributed by atoms with E-state index in [9.17, 15) is 4.39 Å². The van der Waals surface area contributed by atoms with E-state index >= 15 is 0 Å². The van der Waals surface area contributed by atoms with Crippen LogP contribution < -0.4 is 0 Å². The quantitative estimate of drug-likeness (QED) is 0.728. The SMILES string of the molecule is CC(Br)c1cn(CCF)nn1. The number of aryl methyl sites for hydroxylation is 1. The third-order valence-electron chi connectivity index (χ3n) is 1.28. The summed E-state index contributed by atoms with van der Waals surface area (Å²) in [5.74, 6) is 0. The lowest BCUT2D eigenvalue weighted by Gasteiger charge is -1.93. The van der Waals surface area contributed by atoms with E-state index in [4.69, 9.17) is 0 Å². The zero-order chi connectivity index (χ0) is 8.27. The lowest BCUT2D eigenvalue weighted by molar-refractivity contribution is 0.422. The number of hydrogen-bond donors (Lipinski definition) is 0. The average molecular weight is 222 g/mol. The molecule has 1 unspecified atom stereocenters. The summed E-state index contributed by atoms with van der Waals surface area (Å²) in [5, 5.41) is 7.56. The molecule has 0 fully saturated rings. The van der Waals surface area contributed by atoms with Crippen LogP contribution in [0.15, 0.2) is 6.20 Å². The van der Waals surface area contributed by atoms with Gasteiger partial charge in [0.15, 0.2) is 0 Å². The Hall–Kier alpha value is -0.450. The van der Waals surface area contributed by atoms with Crippen molar-refractivity contribution < 1.29 is 4.39 Å². The van der Waals surface area contributed by atoms with E-state index in [1.54, 1.807) is 6.20 Å². The molecule has 0 amide bonds. The number of aromatic nitrogens is 3. The molecule has 1 atom stereocenters. The second kappa shape index (κ2) is 3.80. The number of nitrogens with zero attached hydrogens (tertiary/aromatic N) is 3. The summed E-state index contributed by atoms with van der Waals surface area (Å²) in [5.41, 5.74) is 0.832. The third-order valence-corrected chi connectivity index (χ3v) is 1.75. The normalized spacial score (nSPS) is 13.4. The third kappa shape index (κ3) is 2.25. The van der Waals surface area contributed by atoms with Crippen molar-refractivity contribution in [3.63, 3.8) is 0 Å². The summed E-state index contributed by atoms with van der Waals surface area (Å²) < 4.78 is 13.3. The molecule has 0 radical (unpaired) electrons. The molecular formula is C6H9BrFN3. The molecule has 0 saturated heterocycles. The van der Waals surface area contributed by atoms with Gasteiger partial charge in [0, 0.05) is 6.20 Å². The topological polar surface area (TPSA) is 30.7 Å². The van der Waals surface area contributed by atoms with E-state index in [0.717, 1.165) is 5.69 Å². The van der Waals surface area contributed by atoms with Crippen molar-refractivity contribution in [1.82, 2.24) is 15.0 Å². The molecule has 1 rings (SSSR count). The van der Waals surface area contributed by atoms with Crippen LogP contribution in [0.3, 0.4) is 0 Å². The summed E-state index contributed by atoms with van der Waals surface area (Å²) in [6.45, 7) is 1.83. The summed E-state index contributed by atoms with van der Waals surface area (Å²) >= 11 is 3.34. The summed E-state index contributed by atoms with van der Waals surface area (Å²) in [6.07, 6.45) is 1.74. The Morgan fingerprint density at radius 2 is 2.55 bits per heavy atom. The molecule has 0 aromatic carbocycles. The van der Waals surface area contributed by atoms with Gasteiger partial charge in [0.1, 0.15) is 6.67 Å². The van der Waals surface area contributed by atoms with E-state index in [0.29, 0.717) is 0 Å². The van der Waals surface area contributed by atoms with Gasteiger partial charge in [-0.15, -0.1) is 5.10 Å². The van der Waals surface area contributed by atoms with Gasteiger partial charge >= 0.3 is 0 Å². The van der Waals surface area contributed by atoms with Gasteiger partial charge in [-0.3, -0.25) is 0 Å². The maximum absolute atomic E-state index is 11.8. The fourth-order valence-corrected chi connectivity index (χ4v) is 0.901. The number of alkyl halides is 2. The smallest absolute Gasteiger partial charge is 0.109 e. The van der Waals surface area contributed by atoms with Gasteiger partial charge in [0.05, 0.1) is 17.1 Å². The van der Waals surface area contributed by atoms with Crippen LogP contribution in [0.2, 0.25) is 0 Å². The number of halogens is 2. The molecular weight excluding hydrogens is 213 g/mol. The molecule has 3 nitrogen and oxygen atoms in total. The Balaban J connectivity index is 2.66. The molecule has 1 heterocycles. The molecule has 5 heteroatoms. The molecule has 0 saturated carbocycles. The second-order valence-electron chi connectivity index (χ2n) is 2.21. The zero-order valence-corrected chi connectivity index (χ0v) is 7.75. The van der Waals surface area contributed by atoms with Crippen LogP contribution >= 0.6 is 15.9 Å². The highest BCUT2D eigenvalue weighted by Crippen LogP contribution is 2.17. The van der Waals surface area contributed by atoms with Crippen molar-refractivity contribution in [3.05, 3.63) is 11.9 Å². The highest BCUT2D eigenvalue weighted by Gasteiger charge is 2.04. The molecule has 1 aromatic heterocycles. The van der Waals surface area contributed by atoms with Crippen molar-refractivity contribution in [3.8, 4) is 0 Å². The van der Waals surface area contributed by atoms with Gasteiger partial charge in [-0.05, 0) is 6.92 Å². The average Bonchev–Trinajstić information content (AvgIpc) is 2.37. The monoisotopic (exact) mass is 221 g/mol. The molecule has 0 aliphatic rings. The molecule has 1 aromatic rings. The van der Waals surface area contributed by atoms with Crippen molar-refractivity contribution in [2.75, 3.05) is 6.67 Å². The molecule has 0 spiro atoms. The summed E-state index contributed by atoms with van der Waals surface area (Å²) in [4.78, 5) is 0.177. The van der Waals surface area contributed by atoms with Gasteiger partial charge in [-0.25, -0.2) is 9.07 Å². The Morgan fingerprint density at radius 1 is 1.82 bits per heavy atom. The highest BCUT2D eigenvalue weighted by molar-refractivity contribution is 9.09. The molecule has 11 heavy (non-hydrogen) atoms. The predicted molar refractivity (Wildman–Crippen MR) is 43.3 cm³/mol. The Bertz CT molecular complexity index is 223. The van der Waals surface area contributed by atoms with E-state index in [1.165, 1.54) is 4.68 Å². The summed E-state index contributed by atoms with van der Waals surface area (Å²) in [7, 11) is 0. The first-order chi connectivity index (χ1) is 5.24. The van der Waals surface area contributed by atoms with Crippen LogP contribution in [-0.2, 0) is 6.54 Å². The van der Waals surface area contributed by atoms with Gasteiger partial charge in [-0.2, -0.15) is 0 Å². The van der Waals surface area contributed by atoms with Crippen LogP contribution in [0.4, 0.5) is 4.39 Å². The number of rotatable bonds is 3. The van der Waals surface area contributed by atoms with Gasteiger partial charge < -0.3 is 0 Å². The summed E-state index contributed by atoms with van der Waals surface area (Å²) in [6, 6.07) is 0. The van der Waals surface area contributed by atoms with Gasteiger partial charge in [0.2, 0.25) is 0 Å². The first-order valence-electron chi connectivity index (χ1n) is 3.34. The zero-order valence-electron chi connectivity index (χ0n) is 6.17. The minimum atomic E-state index is -0.403. The minimum Gasteiger partial charge on any atom is -0.250 e. The van der Waals surface area contributed by atoms with Crippen molar-refractivity contribution >= 4 is 15.9 Å². The molecule has 0 bridgehead atoms. The maximum Gasteiger partial charge on any atom is 0.109 e. The Kier molecular flexibility index (Phi) is 2.99. The van der Waals surface area contributed by atoms with Crippen LogP contribution in [0.25, 0.3) is 0 Å². The van der Waals surface area contributed by atoms with Crippen molar-refractivity contribution in [2.45, 2.75) is 18.3 Å². The minimum absolute atomic E-state index is 0.177.